The second-order valence-electron chi connectivity index (χ2n) is 15.5. The van der Waals surface area contributed by atoms with Crippen molar-refractivity contribution in [3.63, 3.8) is 0 Å². The maximum atomic E-state index is 14.5. The fourth-order valence-electron chi connectivity index (χ4n) is 8.41. The molecule has 0 unspecified atom stereocenters. The van der Waals surface area contributed by atoms with E-state index in [-0.39, 0.29) is 40.5 Å². The molecule has 0 radical (unpaired) electrons. The van der Waals surface area contributed by atoms with Crippen LogP contribution in [-0.4, -0.2) is 45.4 Å². The number of hydrogen-bond donors (Lipinski definition) is 1. The minimum Gasteiger partial charge on any atom is -0.496 e. The number of rotatable bonds is 9. The van der Waals surface area contributed by atoms with Gasteiger partial charge in [-0.25, -0.2) is 4.98 Å². The van der Waals surface area contributed by atoms with E-state index in [4.69, 9.17) is 9.72 Å². The number of carbonyl (C=O) groups excluding carboxylic acids is 1. The number of carbonyl (C=O) groups is 2. The zero-order chi connectivity index (χ0) is 32.7. The number of hydrogen-bond acceptors (Lipinski definition) is 5. The van der Waals surface area contributed by atoms with E-state index in [1.807, 2.05) is 28.0 Å². The van der Waals surface area contributed by atoms with E-state index in [1.54, 1.807) is 7.11 Å². The maximum Gasteiger partial charge on any atom is 0.303 e. The summed E-state index contributed by atoms with van der Waals surface area (Å²) in [7, 11) is 1.73. The van der Waals surface area contributed by atoms with Crippen LogP contribution in [0.4, 0.5) is 5.82 Å². The molecule has 4 aliphatic carbocycles. The number of aromatic nitrogens is 3. The first-order chi connectivity index (χ1) is 21.9. The fraction of sp³-hybridized carbons (Fsp3) is 0.579. The summed E-state index contributed by atoms with van der Waals surface area (Å²) >= 11 is 0. The Bertz CT molecular complexity index is 1550. The van der Waals surface area contributed by atoms with E-state index < -0.39 is 5.97 Å². The maximum absolute atomic E-state index is 14.5. The van der Waals surface area contributed by atoms with Gasteiger partial charge in [-0.2, -0.15) is 5.10 Å². The monoisotopic (exact) mass is 626 g/mol. The Balaban J connectivity index is 1.26. The van der Waals surface area contributed by atoms with Gasteiger partial charge in [-0.1, -0.05) is 12.1 Å². The van der Waals surface area contributed by atoms with Gasteiger partial charge < -0.3 is 9.84 Å². The molecule has 1 N–H and O–H groups in total. The van der Waals surface area contributed by atoms with E-state index in [2.05, 4.69) is 63.3 Å². The number of carboxylic acids is 1. The van der Waals surface area contributed by atoms with Gasteiger partial charge in [0.05, 0.1) is 18.8 Å². The van der Waals surface area contributed by atoms with Crippen LogP contribution in [0.25, 0.3) is 11.1 Å². The molecule has 1 aromatic carbocycles. The number of nitrogens with zero attached hydrogens (tertiary/aromatic N) is 4. The van der Waals surface area contributed by atoms with Crippen LogP contribution in [-0.2, 0) is 20.5 Å². The summed E-state index contributed by atoms with van der Waals surface area (Å²) in [6, 6.07) is 10.8. The Labute approximate surface area is 273 Å². The van der Waals surface area contributed by atoms with Crippen molar-refractivity contribution < 1.29 is 19.4 Å². The van der Waals surface area contributed by atoms with Crippen LogP contribution in [0, 0.1) is 24.2 Å². The lowest BCUT2D eigenvalue weighted by atomic mass is 9.51. The first-order valence-corrected chi connectivity index (χ1v) is 17.1. The van der Waals surface area contributed by atoms with E-state index in [0.29, 0.717) is 12.4 Å². The average Bonchev–Trinajstić information content (AvgIpc) is 3.56. The van der Waals surface area contributed by atoms with Crippen LogP contribution >= 0.6 is 0 Å². The van der Waals surface area contributed by atoms with Gasteiger partial charge in [-0.3, -0.25) is 19.2 Å². The standard InChI is InChI=1S/C38H50N4O4/c1-26-20-31(10-11-32(26)46-5)38-16-13-37(14-17-38,15-18-38)25-41(35(45)28-8-6-27(7-9-28)21-34(43)44)33-22-29(12-19-39-33)30-23-40-42(24-30)36(2,3)4/h10-12,19-20,22-24,27-28H,6-9,13-18,21,25H2,1-5H3,(H,43,44)/t27-,28-,37?,38?. The summed E-state index contributed by atoms with van der Waals surface area (Å²) in [6.07, 6.45) is 15.6. The molecule has 8 nitrogen and oxygen atoms in total. The summed E-state index contributed by atoms with van der Waals surface area (Å²) in [5.41, 5.74) is 4.75. The van der Waals surface area contributed by atoms with Crippen LogP contribution in [0.1, 0.15) is 103 Å². The van der Waals surface area contributed by atoms with Gasteiger partial charge in [0.15, 0.2) is 0 Å². The van der Waals surface area contributed by atoms with Crippen molar-refractivity contribution >= 4 is 17.7 Å². The lowest BCUT2D eigenvalue weighted by Gasteiger charge is -2.55. The number of aliphatic carboxylic acids is 1. The molecule has 3 aromatic rings. The highest BCUT2D eigenvalue weighted by Gasteiger charge is 2.51. The van der Waals surface area contributed by atoms with Gasteiger partial charge in [0.2, 0.25) is 5.91 Å². The third-order valence-corrected chi connectivity index (χ3v) is 11.5. The van der Waals surface area contributed by atoms with Gasteiger partial charge in [-0.15, -0.1) is 0 Å². The third-order valence-electron chi connectivity index (χ3n) is 11.5. The van der Waals surface area contributed by atoms with E-state index in [9.17, 15) is 14.7 Å². The molecule has 1 amide bonds. The Morgan fingerprint density at radius 3 is 2.28 bits per heavy atom. The molecule has 4 saturated carbocycles. The van der Waals surface area contributed by atoms with Crippen molar-refractivity contribution in [2.45, 2.75) is 109 Å². The molecule has 0 saturated heterocycles. The van der Waals surface area contributed by atoms with Gasteiger partial charge in [0, 0.05) is 36.8 Å². The Morgan fingerprint density at radius 2 is 1.70 bits per heavy atom. The van der Waals surface area contributed by atoms with E-state index in [1.165, 1.54) is 11.1 Å². The summed E-state index contributed by atoms with van der Waals surface area (Å²) in [4.78, 5) is 32.6. The number of benzene rings is 1. The van der Waals surface area contributed by atoms with Crippen LogP contribution in [0.15, 0.2) is 48.9 Å². The Hall–Kier alpha value is -3.68. The summed E-state index contributed by atoms with van der Waals surface area (Å²) < 4.78 is 7.51. The molecular formula is C38H50N4O4. The molecule has 0 atom stereocenters. The van der Waals surface area contributed by atoms with Crippen molar-refractivity contribution in [2.75, 3.05) is 18.6 Å². The molecule has 2 aromatic heterocycles. The predicted molar refractivity (Wildman–Crippen MR) is 180 cm³/mol. The lowest BCUT2D eigenvalue weighted by Crippen LogP contribution is -2.52. The smallest absolute Gasteiger partial charge is 0.303 e. The predicted octanol–water partition coefficient (Wildman–Crippen LogP) is 7.92. The molecule has 2 heterocycles. The molecule has 0 aliphatic heterocycles. The number of amides is 1. The van der Waals surface area contributed by atoms with Crippen LogP contribution in [0.3, 0.4) is 0 Å². The average molecular weight is 627 g/mol. The summed E-state index contributed by atoms with van der Waals surface area (Å²) in [5, 5.41) is 13.9. The molecule has 4 fully saturated rings. The quantitative estimate of drug-likeness (QED) is 0.259. The second-order valence-corrected chi connectivity index (χ2v) is 15.5. The molecule has 0 spiro atoms. The normalized spacial score (nSPS) is 26.1. The Morgan fingerprint density at radius 1 is 1.00 bits per heavy atom. The van der Waals surface area contributed by atoms with Crippen molar-refractivity contribution in [1.82, 2.24) is 14.8 Å². The van der Waals surface area contributed by atoms with Crippen molar-refractivity contribution in [1.29, 1.82) is 0 Å². The molecule has 8 heteroatoms. The molecule has 46 heavy (non-hydrogen) atoms. The van der Waals surface area contributed by atoms with E-state index in [0.717, 1.165) is 81.1 Å². The van der Waals surface area contributed by atoms with Gasteiger partial charge >= 0.3 is 5.97 Å². The number of methoxy groups -OCH3 is 1. The van der Waals surface area contributed by atoms with Crippen LogP contribution in [0.2, 0.25) is 0 Å². The van der Waals surface area contributed by atoms with Crippen molar-refractivity contribution in [3.05, 3.63) is 60.0 Å². The second kappa shape index (κ2) is 12.5. The van der Waals surface area contributed by atoms with Gasteiger partial charge in [-0.05, 0) is 144 Å². The minimum absolute atomic E-state index is 0.0637. The van der Waals surface area contributed by atoms with Gasteiger partial charge in [0.1, 0.15) is 11.6 Å². The SMILES string of the molecule is COc1ccc(C23CCC(CN(c4cc(-c5cnn(C(C)(C)C)c5)ccn4)C(=O)[C@H]4CC[C@H](CC(=O)O)CC4)(CC2)CC3)cc1C. The number of ether oxygens (including phenoxy) is 1. The summed E-state index contributed by atoms with van der Waals surface area (Å²) in [6.45, 7) is 9.20. The van der Waals surface area contributed by atoms with Crippen LogP contribution < -0.4 is 9.64 Å². The number of pyridine rings is 1. The molecular weight excluding hydrogens is 576 g/mol. The zero-order valence-corrected chi connectivity index (χ0v) is 28.2. The fourth-order valence-corrected chi connectivity index (χ4v) is 8.41. The lowest BCUT2D eigenvalue weighted by molar-refractivity contribution is -0.138. The number of aryl methyl sites for hydroxylation is 1. The largest absolute Gasteiger partial charge is 0.496 e. The zero-order valence-electron chi connectivity index (χ0n) is 28.2. The highest BCUT2D eigenvalue weighted by Crippen LogP contribution is 2.58. The number of fused-ring (bicyclic) bond motifs is 3. The molecule has 2 bridgehead atoms. The highest BCUT2D eigenvalue weighted by molar-refractivity contribution is 5.95. The number of carboxylic acid groups (broad SMARTS) is 1. The van der Waals surface area contributed by atoms with Gasteiger partial charge in [0.25, 0.3) is 0 Å². The van der Waals surface area contributed by atoms with Crippen LogP contribution in [0.5, 0.6) is 5.75 Å². The summed E-state index contributed by atoms with van der Waals surface area (Å²) in [5.74, 6) is 1.09. The molecule has 7 rings (SSSR count). The molecule has 246 valence electrons. The molecule has 4 aliphatic rings. The Kier molecular flexibility index (Phi) is 8.77. The van der Waals surface area contributed by atoms with Crippen molar-refractivity contribution in [3.8, 4) is 16.9 Å². The number of anilines is 1. The van der Waals surface area contributed by atoms with E-state index >= 15 is 0 Å². The first-order valence-electron chi connectivity index (χ1n) is 17.1. The first kappa shape index (κ1) is 32.3. The highest BCUT2D eigenvalue weighted by atomic mass is 16.5. The minimum atomic E-state index is -0.748. The topological polar surface area (TPSA) is 97.5 Å². The van der Waals surface area contributed by atoms with Crippen molar-refractivity contribution in [2.24, 2.45) is 17.3 Å². The third kappa shape index (κ3) is 6.45.